The molecular weight excluding hydrogens is 634 g/mol. The Balaban J connectivity index is 1.01. The average molecular weight is 666 g/mol. The fraction of sp³-hybridized carbons (Fsp3) is 0.278. The van der Waals surface area contributed by atoms with Crippen molar-refractivity contribution in [3.63, 3.8) is 0 Å². The summed E-state index contributed by atoms with van der Waals surface area (Å²) in [4.78, 5) is 42.5. The number of halogens is 1. The van der Waals surface area contributed by atoms with Gasteiger partial charge in [-0.25, -0.2) is 14.4 Å². The smallest absolute Gasteiger partial charge is 0.259 e. The van der Waals surface area contributed by atoms with Crippen LogP contribution in [0.4, 0.5) is 21.6 Å². The molecule has 8 rings (SSSR count). The number of nitrogens with one attached hydrogen (secondary N) is 1. The second-order valence-corrected chi connectivity index (χ2v) is 14.5. The van der Waals surface area contributed by atoms with Crippen molar-refractivity contribution in [2.75, 3.05) is 48.0 Å². The first-order valence-electron chi connectivity index (χ1n) is 15.7. The monoisotopic (exact) mass is 665 g/mol. The first kappa shape index (κ1) is 29.9. The van der Waals surface area contributed by atoms with Gasteiger partial charge in [-0.2, -0.15) is 0 Å². The first-order chi connectivity index (χ1) is 22.9. The van der Waals surface area contributed by atoms with Gasteiger partial charge in [-0.3, -0.25) is 9.59 Å². The van der Waals surface area contributed by atoms with Crippen molar-refractivity contribution in [2.24, 2.45) is 5.41 Å². The summed E-state index contributed by atoms with van der Waals surface area (Å²) in [5.41, 5.74) is 5.20. The summed E-state index contributed by atoms with van der Waals surface area (Å²) in [7, 11) is 0. The van der Waals surface area contributed by atoms with Gasteiger partial charge in [0.1, 0.15) is 16.6 Å². The van der Waals surface area contributed by atoms with Gasteiger partial charge in [0, 0.05) is 77.7 Å². The molecule has 0 atom stereocenters. The molecule has 0 radical (unpaired) electrons. The molecule has 3 aliphatic rings. The number of aromatic nitrogens is 2. The number of fused-ring (bicyclic) bond motifs is 3. The van der Waals surface area contributed by atoms with Crippen LogP contribution in [0.15, 0.2) is 72.4 Å². The third-order valence-electron chi connectivity index (χ3n) is 9.34. The van der Waals surface area contributed by atoms with E-state index in [1.54, 1.807) is 70.3 Å². The maximum atomic E-state index is 14.6. The summed E-state index contributed by atoms with van der Waals surface area (Å²) in [5, 5.41) is 5.90. The van der Waals surface area contributed by atoms with Crippen molar-refractivity contribution in [1.82, 2.24) is 9.97 Å². The maximum Gasteiger partial charge on any atom is 0.259 e. The summed E-state index contributed by atoms with van der Waals surface area (Å²) in [6.07, 6.45) is 6.28. The van der Waals surface area contributed by atoms with E-state index in [-0.39, 0.29) is 17.2 Å². The number of thiophene rings is 1. The van der Waals surface area contributed by atoms with Crippen LogP contribution in [0.5, 0.6) is 0 Å². The van der Waals surface area contributed by atoms with E-state index in [2.05, 4.69) is 26.3 Å². The standard InChI is InChI=1S/C36H32FN5O3S2/c1-22-16-28(32(39-19-22)41-20-36(21-41)9-13-45-14-10-36)33(43)40-26-5-2-23(3-6-26)35(44)42-12-8-24-17-30(34-38-11-15-46-34)47-31(24)27-7-4-25(37)18-29(27)42/h2-7,11,15-19H,8-10,12-14,20-21H2,1H3,(H,40,43). The first-order valence-corrected chi connectivity index (χ1v) is 17.4. The number of hydrogen-bond donors (Lipinski definition) is 1. The van der Waals surface area contributed by atoms with E-state index in [9.17, 15) is 14.0 Å². The molecule has 0 unspecified atom stereocenters. The van der Waals surface area contributed by atoms with Gasteiger partial charge in [-0.15, -0.1) is 22.7 Å². The van der Waals surface area contributed by atoms with Crippen LogP contribution in [0.2, 0.25) is 0 Å². The molecule has 3 aromatic heterocycles. The van der Waals surface area contributed by atoms with Gasteiger partial charge in [-0.05, 0) is 91.9 Å². The third-order valence-corrected chi connectivity index (χ3v) is 11.5. The topological polar surface area (TPSA) is 87.7 Å². The number of carbonyl (C=O) groups excluding carboxylic acids is 2. The molecule has 47 heavy (non-hydrogen) atoms. The molecule has 5 aromatic rings. The van der Waals surface area contributed by atoms with E-state index < -0.39 is 5.82 Å². The number of rotatable bonds is 5. The highest BCUT2D eigenvalue weighted by molar-refractivity contribution is 7.23. The zero-order valence-electron chi connectivity index (χ0n) is 25.8. The van der Waals surface area contributed by atoms with Crippen LogP contribution in [0, 0.1) is 18.2 Å². The molecule has 2 amide bonds. The van der Waals surface area contributed by atoms with E-state index in [4.69, 9.17) is 4.74 Å². The van der Waals surface area contributed by atoms with Crippen LogP contribution in [0.25, 0.3) is 20.3 Å². The number of thiazole rings is 1. The van der Waals surface area contributed by atoms with Crippen LogP contribution >= 0.6 is 22.7 Å². The Morgan fingerprint density at radius 1 is 1.02 bits per heavy atom. The summed E-state index contributed by atoms with van der Waals surface area (Å²) in [6, 6.07) is 15.5. The number of hydrogen-bond acceptors (Lipinski definition) is 8. The lowest BCUT2D eigenvalue weighted by Crippen LogP contribution is -2.59. The van der Waals surface area contributed by atoms with Gasteiger partial charge in [0.05, 0.1) is 16.1 Å². The predicted molar refractivity (Wildman–Crippen MR) is 184 cm³/mol. The highest BCUT2D eigenvalue weighted by atomic mass is 32.1. The largest absolute Gasteiger partial charge is 0.381 e. The third kappa shape index (κ3) is 5.62. The van der Waals surface area contributed by atoms with E-state index in [1.165, 1.54) is 12.1 Å². The molecule has 6 heterocycles. The molecule has 0 aliphatic carbocycles. The lowest BCUT2D eigenvalue weighted by Gasteiger charge is -2.53. The highest BCUT2D eigenvalue weighted by Crippen LogP contribution is 2.45. The Morgan fingerprint density at radius 3 is 2.60 bits per heavy atom. The van der Waals surface area contributed by atoms with Crippen molar-refractivity contribution in [2.45, 2.75) is 26.2 Å². The number of nitrogens with zero attached hydrogens (tertiary/aromatic N) is 4. The number of aryl methyl sites for hydroxylation is 1. The van der Waals surface area contributed by atoms with Gasteiger partial charge in [0.2, 0.25) is 0 Å². The molecule has 2 aromatic carbocycles. The molecule has 1 spiro atoms. The number of carbonyl (C=O) groups is 2. The minimum Gasteiger partial charge on any atom is -0.381 e. The normalized spacial score (nSPS) is 16.6. The Labute approximate surface area is 279 Å². The van der Waals surface area contributed by atoms with Gasteiger partial charge >= 0.3 is 0 Å². The zero-order valence-corrected chi connectivity index (χ0v) is 27.4. The fourth-order valence-electron chi connectivity index (χ4n) is 6.84. The van der Waals surface area contributed by atoms with E-state index >= 15 is 0 Å². The summed E-state index contributed by atoms with van der Waals surface area (Å²) in [6.45, 7) is 5.64. The van der Waals surface area contributed by atoms with E-state index in [0.717, 1.165) is 70.6 Å². The van der Waals surface area contributed by atoms with E-state index in [0.29, 0.717) is 41.3 Å². The fourth-order valence-corrected chi connectivity index (χ4v) is 8.79. The Bertz CT molecular complexity index is 1980. The molecule has 0 saturated carbocycles. The lowest BCUT2D eigenvalue weighted by molar-refractivity contribution is -0.000510. The zero-order chi connectivity index (χ0) is 32.1. The van der Waals surface area contributed by atoms with Gasteiger partial charge < -0.3 is 19.9 Å². The predicted octanol–water partition coefficient (Wildman–Crippen LogP) is 7.45. The van der Waals surface area contributed by atoms with Crippen molar-refractivity contribution in [3.8, 4) is 20.3 Å². The molecular formula is C36H32FN5O3S2. The van der Waals surface area contributed by atoms with Crippen molar-refractivity contribution >= 4 is 51.7 Å². The maximum absolute atomic E-state index is 14.6. The summed E-state index contributed by atoms with van der Waals surface area (Å²) in [5.74, 6) is -0.180. The quantitative estimate of drug-likeness (QED) is 0.210. The van der Waals surface area contributed by atoms with Gasteiger partial charge in [0.15, 0.2) is 0 Å². The summed E-state index contributed by atoms with van der Waals surface area (Å²) < 4.78 is 20.2. The molecule has 3 aliphatic heterocycles. The average Bonchev–Trinajstić information content (AvgIpc) is 3.73. The summed E-state index contributed by atoms with van der Waals surface area (Å²) >= 11 is 3.20. The van der Waals surface area contributed by atoms with Crippen LogP contribution in [0.3, 0.4) is 0 Å². The molecule has 2 fully saturated rings. The minimum absolute atomic E-state index is 0.227. The Hall–Kier alpha value is -4.45. The number of benzene rings is 2. The van der Waals surface area contributed by atoms with Crippen LogP contribution < -0.4 is 15.1 Å². The van der Waals surface area contributed by atoms with Crippen molar-refractivity contribution in [1.29, 1.82) is 0 Å². The number of anilines is 3. The SMILES string of the molecule is Cc1cnc(N2CC3(CCOCC3)C2)c(C(=O)Nc2ccc(C(=O)N3CCc4cc(-c5nccs5)sc4-c4ccc(F)cc43)cc2)c1. The second-order valence-electron chi connectivity index (χ2n) is 12.6. The molecule has 2 saturated heterocycles. The Kier molecular flexibility index (Phi) is 7.62. The molecule has 1 N–H and O–H groups in total. The Morgan fingerprint density at radius 2 is 1.83 bits per heavy atom. The van der Waals surface area contributed by atoms with Crippen LogP contribution in [-0.2, 0) is 11.2 Å². The molecule has 8 nitrogen and oxygen atoms in total. The molecule has 11 heteroatoms. The van der Waals surface area contributed by atoms with Crippen molar-refractivity contribution < 1.29 is 18.7 Å². The second kappa shape index (κ2) is 12.0. The van der Waals surface area contributed by atoms with Gasteiger partial charge in [0.25, 0.3) is 11.8 Å². The minimum atomic E-state index is -0.397. The van der Waals surface area contributed by atoms with Crippen LogP contribution in [0.1, 0.15) is 44.7 Å². The van der Waals surface area contributed by atoms with Crippen LogP contribution in [-0.4, -0.2) is 54.6 Å². The molecule has 238 valence electrons. The molecule has 0 bridgehead atoms. The van der Waals surface area contributed by atoms with Gasteiger partial charge in [-0.1, -0.05) is 0 Å². The lowest BCUT2D eigenvalue weighted by atomic mass is 9.73. The van der Waals surface area contributed by atoms with Crippen molar-refractivity contribution in [3.05, 3.63) is 100 Å². The number of ether oxygens (including phenoxy) is 1. The highest BCUT2D eigenvalue weighted by Gasteiger charge is 2.45. The number of pyridine rings is 1. The van der Waals surface area contributed by atoms with E-state index in [1.807, 2.05) is 18.4 Å². The number of amides is 2.